The van der Waals surface area contributed by atoms with Crippen LogP contribution in [0.2, 0.25) is 0 Å². The highest BCUT2D eigenvalue weighted by atomic mass is 16.8. The molecule has 4 heterocycles. The zero-order valence-electron chi connectivity index (χ0n) is 37.2. The van der Waals surface area contributed by atoms with Crippen molar-refractivity contribution in [2.45, 2.75) is 94.4 Å². The highest BCUT2D eigenvalue weighted by molar-refractivity contribution is 5.49. The van der Waals surface area contributed by atoms with E-state index in [1.807, 2.05) is 100 Å². The normalized spacial score (nSPS) is 25.6. The summed E-state index contributed by atoms with van der Waals surface area (Å²) in [5.41, 5.74) is 5.69. The van der Waals surface area contributed by atoms with E-state index in [4.69, 9.17) is 37.9 Å². The average Bonchev–Trinajstić information content (AvgIpc) is 4.00. The van der Waals surface area contributed by atoms with E-state index < -0.39 is 29.1 Å². The third-order valence-corrected chi connectivity index (χ3v) is 12.6. The van der Waals surface area contributed by atoms with Crippen LogP contribution in [0, 0.1) is 5.92 Å². The van der Waals surface area contributed by atoms with Gasteiger partial charge in [-0.3, -0.25) is 0 Å². The summed E-state index contributed by atoms with van der Waals surface area (Å²) in [5, 5.41) is 0. The molecule has 10 rings (SSSR count). The van der Waals surface area contributed by atoms with Crippen LogP contribution < -0.4 is 0 Å². The number of hydrogen-bond donors (Lipinski definition) is 0. The lowest BCUT2D eigenvalue weighted by Gasteiger charge is -2.37. The highest BCUT2D eigenvalue weighted by Crippen LogP contribution is 2.46. The second-order valence-corrected chi connectivity index (χ2v) is 17.8. The molecule has 64 heavy (non-hydrogen) atoms. The van der Waals surface area contributed by atoms with E-state index in [1.165, 1.54) is 0 Å². The van der Waals surface area contributed by atoms with Crippen molar-refractivity contribution in [3.63, 3.8) is 0 Å². The van der Waals surface area contributed by atoms with E-state index in [-0.39, 0.29) is 36.6 Å². The molecule has 330 valence electrons. The van der Waals surface area contributed by atoms with Gasteiger partial charge in [0, 0.05) is 5.92 Å². The third-order valence-electron chi connectivity index (χ3n) is 12.6. The van der Waals surface area contributed by atoms with Crippen LogP contribution in [0.5, 0.6) is 0 Å². The average molecular weight is 859 g/mol. The molecule has 6 aromatic carbocycles. The van der Waals surface area contributed by atoms with Crippen LogP contribution in [0.25, 0.3) is 0 Å². The number of ether oxygens (including phenoxy) is 8. The molecule has 0 bridgehead atoms. The molecule has 6 aromatic rings. The summed E-state index contributed by atoms with van der Waals surface area (Å²) in [7, 11) is 0. The molecule has 4 aliphatic rings. The predicted octanol–water partition coefficient (Wildman–Crippen LogP) is 10.9. The highest BCUT2D eigenvalue weighted by Gasteiger charge is 2.54. The molecule has 0 radical (unpaired) electrons. The van der Waals surface area contributed by atoms with Gasteiger partial charge in [-0.05, 0) is 66.6 Å². The predicted molar refractivity (Wildman–Crippen MR) is 246 cm³/mol. The summed E-state index contributed by atoms with van der Waals surface area (Å²) in [6, 6.07) is 62.1. The van der Waals surface area contributed by atoms with Crippen molar-refractivity contribution < 1.29 is 37.9 Å². The van der Waals surface area contributed by atoms with Gasteiger partial charge in [0.15, 0.2) is 24.2 Å². The standard InChI is InChI=1S/C28H30O4.C28H28O4/c2*1-20-24(30-26-25(20)31-27(2,3)32-26)19-29-28(21-13-7-4-8-14-21,22-15-9-5-10-16-22)23-17-11-6-12-18-23/h4-18,20,24-26H,19H2,1-3H3;4-18,24-26H,1,19H2,2-3H3/t20-,24-,25-,26-;24-,25-,26-/m11/s1. The van der Waals surface area contributed by atoms with Crippen LogP contribution in [-0.2, 0) is 49.1 Å². The Morgan fingerprint density at radius 1 is 0.453 bits per heavy atom. The second kappa shape index (κ2) is 18.3. The first-order valence-electron chi connectivity index (χ1n) is 22.3. The molecule has 8 nitrogen and oxygen atoms in total. The van der Waals surface area contributed by atoms with Gasteiger partial charge in [-0.1, -0.05) is 195 Å². The van der Waals surface area contributed by atoms with Crippen molar-refractivity contribution in [2.75, 3.05) is 13.2 Å². The van der Waals surface area contributed by atoms with Crippen LogP contribution in [0.15, 0.2) is 194 Å². The van der Waals surface area contributed by atoms with Gasteiger partial charge in [0.25, 0.3) is 0 Å². The van der Waals surface area contributed by atoms with Crippen molar-refractivity contribution in [1.82, 2.24) is 0 Å². The van der Waals surface area contributed by atoms with Crippen LogP contribution in [0.3, 0.4) is 0 Å². The molecule has 4 saturated heterocycles. The fourth-order valence-corrected chi connectivity index (χ4v) is 9.52. The lowest BCUT2D eigenvalue weighted by Crippen LogP contribution is -2.38. The Hall–Kier alpha value is -5.26. The molecular formula is C56H58O8. The first kappa shape index (κ1) is 44.0. The molecule has 7 atom stereocenters. The van der Waals surface area contributed by atoms with Gasteiger partial charge in [0.05, 0.1) is 19.3 Å². The molecule has 0 aromatic heterocycles. The topological polar surface area (TPSA) is 73.8 Å². The maximum Gasteiger partial charge on any atom is 0.191 e. The van der Waals surface area contributed by atoms with Crippen molar-refractivity contribution in [2.24, 2.45) is 5.92 Å². The van der Waals surface area contributed by atoms with E-state index in [9.17, 15) is 0 Å². The molecule has 4 aliphatic heterocycles. The molecule has 0 aliphatic carbocycles. The number of rotatable bonds is 12. The Bertz CT molecular complexity index is 2240. The van der Waals surface area contributed by atoms with Crippen LogP contribution >= 0.6 is 0 Å². The van der Waals surface area contributed by atoms with Crippen LogP contribution in [0.1, 0.15) is 68.0 Å². The van der Waals surface area contributed by atoms with E-state index in [0.29, 0.717) is 13.2 Å². The van der Waals surface area contributed by atoms with E-state index in [0.717, 1.165) is 39.0 Å². The fourth-order valence-electron chi connectivity index (χ4n) is 9.52. The summed E-state index contributed by atoms with van der Waals surface area (Å²) >= 11 is 0. The number of fused-ring (bicyclic) bond motifs is 2. The zero-order valence-corrected chi connectivity index (χ0v) is 37.2. The van der Waals surface area contributed by atoms with Crippen LogP contribution in [0.4, 0.5) is 0 Å². The zero-order chi connectivity index (χ0) is 44.4. The molecule has 0 amide bonds. The van der Waals surface area contributed by atoms with Gasteiger partial charge >= 0.3 is 0 Å². The van der Waals surface area contributed by atoms with E-state index >= 15 is 0 Å². The van der Waals surface area contributed by atoms with E-state index in [2.05, 4.69) is 123 Å². The molecule has 8 heteroatoms. The van der Waals surface area contributed by atoms with Crippen LogP contribution in [-0.4, -0.2) is 61.8 Å². The third kappa shape index (κ3) is 8.65. The molecule has 4 fully saturated rings. The largest absolute Gasteiger partial charge is 0.358 e. The Kier molecular flexibility index (Phi) is 12.6. The Balaban J connectivity index is 0.000000162. The van der Waals surface area contributed by atoms with Crippen molar-refractivity contribution in [3.05, 3.63) is 228 Å². The van der Waals surface area contributed by atoms with Gasteiger partial charge in [-0.2, -0.15) is 0 Å². The van der Waals surface area contributed by atoms with Gasteiger partial charge < -0.3 is 37.9 Å². The summed E-state index contributed by atoms with van der Waals surface area (Å²) in [4.78, 5) is 0. The summed E-state index contributed by atoms with van der Waals surface area (Å²) in [6.45, 7) is 14.8. The van der Waals surface area contributed by atoms with Crippen molar-refractivity contribution in [1.29, 1.82) is 0 Å². The Morgan fingerprint density at radius 3 is 1.16 bits per heavy atom. The minimum absolute atomic E-state index is 0.0850. The Morgan fingerprint density at radius 2 is 0.797 bits per heavy atom. The lowest BCUT2D eigenvalue weighted by atomic mass is 9.80. The maximum atomic E-state index is 6.92. The summed E-state index contributed by atoms with van der Waals surface area (Å²) in [6.07, 6.45) is -1.62. The van der Waals surface area contributed by atoms with Gasteiger partial charge in [-0.25, -0.2) is 0 Å². The smallest absolute Gasteiger partial charge is 0.191 e. The van der Waals surface area contributed by atoms with E-state index in [1.54, 1.807) is 0 Å². The lowest BCUT2D eigenvalue weighted by molar-refractivity contribution is -0.217. The maximum absolute atomic E-state index is 6.92. The number of benzene rings is 6. The second-order valence-electron chi connectivity index (χ2n) is 17.8. The first-order chi connectivity index (χ1) is 31.0. The molecule has 0 saturated carbocycles. The van der Waals surface area contributed by atoms with Crippen molar-refractivity contribution >= 4 is 0 Å². The number of hydrogen-bond acceptors (Lipinski definition) is 8. The molecular weight excluding hydrogens is 801 g/mol. The quantitative estimate of drug-likeness (QED) is 0.0890. The SMILES string of the molecule is C=C1[C@H]2OC(C)(C)O[C@H]2O[C@@H]1COC(c1ccccc1)(c1ccccc1)c1ccccc1.C[C@H]1[C@H]2OC(C)(C)O[C@H]2O[C@@H]1COC(c1ccccc1)(c1ccccc1)c1ccccc1. The first-order valence-corrected chi connectivity index (χ1v) is 22.3. The molecule has 0 unspecified atom stereocenters. The monoisotopic (exact) mass is 858 g/mol. The summed E-state index contributed by atoms with van der Waals surface area (Å²) in [5.74, 6) is -1.13. The van der Waals surface area contributed by atoms with Gasteiger partial charge in [0.1, 0.15) is 29.5 Å². The minimum Gasteiger partial charge on any atom is -0.358 e. The van der Waals surface area contributed by atoms with Crippen molar-refractivity contribution in [3.8, 4) is 0 Å². The Labute approximate surface area is 377 Å². The van der Waals surface area contributed by atoms with Gasteiger partial charge in [0.2, 0.25) is 0 Å². The van der Waals surface area contributed by atoms with Gasteiger partial charge in [-0.15, -0.1) is 0 Å². The molecule has 0 spiro atoms. The minimum atomic E-state index is -0.799. The molecule has 0 N–H and O–H groups in total. The summed E-state index contributed by atoms with van der Waals surface area (Å²) < 4.78 is 50.2. The fraction of sp³-hybridized carbons (Fsp3) is 0.321.